The van der Waals surface area contributed by atoms with Gasteiger partial charge in [0.05, 0.1) is 6.04 Å². The normalized spacial score (nSPS) is 43.1. The predicted octanol–water partition coefficient (Wildman–Crippen LogP) is -0.498. The summed E-state index contributed by atoms with van der Waals surface area (Å²) in [5.74, 6) is 0.209. The van der Waals surface area contributed by atoms with Gasteiger partial charge in [0.15, 0.2) is 0 Å². The number of aliphatic hydroxyl groups is 1. The fraction of sp³-hybridized carbons (Fsp3) is 0.833. The zero-order chi connectivity index (χ0) is 6.85. The molecule has 1 heterocycles. The van der Waals surface area contributed by atoms with Gasteiger partial charge in [-0.1, -0.05) is 6.92 Å². The van der Waals surface area contributed by atoms with Crippen molar-refractivity contribution in [1.82, 2.24) is 5.32 Å². The maximum absolute atomic E-state index is 10.1. The number of aldehydes is 1. The van der Waals surface area contributed by atoms with E-state index in [2.05, 4.69) is 5.32 Å². The molecule has 1 rings (SSSR count). The summed E-state index contributed by atoms with van der Waals surface area (Å²) in [6, 6.07) is -0.130. The number of nitrogens with one attached hydrogen (secondary N) is 1. The largest absolute Gasteiger partial charge is 0.378 e. The van der Waals surface area contributed by atoms with Crippen LogP contribution in [-0.2, 0) is 4.79 Å². The molecule has 3 heteroatoms. The van der Waals surface area contributed by atoms with E-state index in [1.165, 1.54) is 0 Å². The minimum absolute atomic E-state index is 0.130. The molecular weight excluding hydrogens is 118 g/mol. The molecule has 1 fully saturated rings. The summed E-state index contributed by atoms with van der Waals surface area (Å²) >= 11 is 0. The highest BCUT2D eigenvalue weighted by atomic mass is 16.3. The average Bonchev–Trinajstić information content (AvgIpc) is 2.13. The molecule has 3 unspecified atom stereocenters. The van der Waals surface area contributed by atoms with Gasteiger partial charge < -0.3 is 9.90 Å². The van der Waals surface area contributed by atoms with Crippen LogP contribution >= 0.6 is 0 Å². The van der Waals surface area contributed by atoms with E-state index in [9.17, 15) is 4.79 Å². The fourth-order valence-electron chi connectivity index (χ4n) is 1.08. The second-order valence-electron chi connectivity index (χ2n) is 2.57. The molecule has 0 aliphatic carbocycles. The third-order valence-corrected chi connectivity index (χ3v) is 1.71. The van der Waals surface area contributed by atoms with Gasteiger partial charge >= 0.3 is 0 Å². The zero-order valence-electron chi connectivity index (χ0n) is 5.37. The summed E-state index contributed by atoms with van der Waals surface area (Å²) in [6.07, 6.45) is 1.11. The second-order valence-corrected chi connectivity index (χ2v) is 2.57. The molecule has 0 aromatic heterocycles. The highest BCUT2D eigenvalue weighted by Gasteiger charge is 2.27. The molecule has 0 spiro atoms. The molecule has 9 heavy (non-hydrogen) atoms. The van der Waals surface area contributed by atoms with Crippen molar-refractivity contribution in [2.45, 2.75) is 25.6 Å². The summed E-state index contributed by atoms with van der Waals surface area (Å²) in [5.41, 5.74) is 0. The SMILES string of the molecule is CC1CC(C=O)NC1O. The molecule has 2 N–H and O–H groups in total. The van der Waals surface area contributed by atoms with Crippen LogP contribution < -0.4 is 5.32 Å². The van der Waals surface area contributed by atoms with E-state index >= 15 is 0 Å². The van der Waals surface area contributed by atoms with Crippen LogP contribution in [-0.4, -0.2) is 23.7 Å². The second kappa shape index (κ2) is 2.45. The first-order valence-electron chi connectivity index (χ1n) is 3.13. The van der Waals surface area contributed by atoms with Crippen LogP contribution in [0.4, 0.5) is 0 Å². The summed E-state index contributed by atoms with van der Waals surface area (Å²) in [4.78, 5) is 10.1. The van der Waals surface area contributed by atoms with Gasteiger partial charge in [-0.05, 0) is 12.3 Å². The van der Waals surface area contributed by atoms with Crippen molar-refractivity contribution in [1.29, 1.82) is 0 Å². The van der Waals surface area contributed by atoms with Crippen LogP contribution in [0.3, 0.4) is 0 Å². The maximum Gasteiger partial charge on any atom is 0.136 e. The molecule has 0 radical (unpaired) electrons. The Balaban J connectivity index is 2.43. The zero-order valence-corrected chi connectivity index (χ0v) is 5.37. The Kier molecular flexibility index (Phi) is 1.83. The molecule has 0 amide bonds. The molecule has 0 aromatic rings. The molecule has 0 bridgehead atoms. The predicted molar refractivity (Wildman–Crippen MR) is 32.8 cm³/mol. The first-order valence-corrected chi connectivity index (χ1v) is 3.13. The minimum atomic E-state index is -0.486. The summed E-state index contributed by atoms with van der Waals surface area (Å²) in [6.45, 7) is 1.92. The van der Waals surface area contributed by atoms with Crippen LogP contribution in [0.2, 0.25) is 0 Å². The number of rotatable bonds is 1. The Morgan fingerprint density at radius 2 is 2.44 bits per heavy atom. The quantitative estimate of drug-likeness (QED) is 0.469. The van der Waals surface area contributed by atoms with E-state index in [0.717, 1.165) is 12.7 Å². The monoisotopic (exact) mass is 129 g/mol. The molecule has 1 saturated heterocycles. The Bertz CT molecular complexity index is 106. The van der Waals surface area contributed by atoms with Crippen molar-refractivity contribution in [3.8, 4) is 0 Å². The number of hydrogen-bond acceptors (Lipinski definition) is 3. The van der Waals surface area contributed by atoms with Gasteiger partial charge in [0.25, 0.3) is 0 Å². The minimum Gasteiger partial charge on any atom is -0.378 e. The van der Waals surface area contributed by atoms with Crippen molar-refractivity contribution < 1.29 is 9.90 Å². The van der Waals surface area contributed by atoms with Crippen LogP contribution in [0.15, 0.2) is 0 Å². The van der Waals surface area contributed by atoms with Gasteiger partial charge in [-0.3, -0.25) is 5.32 Å². The van der Waals surface area contributed by atoms with E-state index < -0.39 is 6.23 Å². The lowest BCUT2D eigenvalue weighted by Gasteiger charge is -2.05. The molecule has 0 saturated carbocycles. The number of hydrogen-bond donors (Lipinski definition) is 2. The highest BCUT2D eigenvalue weighted by molar-refractivity contribution is 5.58. The molecule has 0 aromatic carbocycles. The smallest absolute Gasteiger partial charge is 0.136 e. The molecule has 3 atom stereocenters. The van der Waals surface area contributed by atoms with Gasteiger partial charge in [-0.2, -0.15) is 0 Å². The van der Waals surface area contributed by atoms with Crippen LogP contribution in [0.5, 0.6) is 0 Å². The van der Waals surface area contributed by atoms with E-state index in [0.29, 0.717) is 0 Å². The first-order chi connectivity index (χ1) is 4.24. The number of carbonyl (C=O) groups is 1. The topological polar surface area (TPSA) is 49.3 Å². The van der Waals surface area contributed by atoms with Gasteiger partial charge in [-0.25, -0.2) is 0 Å². The van der Waals surface area contributed by atoms with Crippen molar-refractivity contribution in [3.63, 3.8) is 0 Å². The Morgan fingerprint density at radius 3 is 2.67 bits per heavy atom. The lowest BCUT2D eigenvalue weighted by molar-refractivity contribution is -0.109. The standard InChI is InChI=1S/C6H11NO2/c1-4-2-5(3-8)7-6(4)9/h3-7,9H,2H2,1H3. The third-order valence-electron chi connectivity index (χ3n) is 1.71. The van der Waals surface area contributed by atoms with Crippen molar-refractivity contribution in [2.75, 3.05) is 0 Å². The van der Waals surface area contributed by atoms with Crippen molar-refractivity contribution >= 4 is 6.29 Å². The first kappa shape index (κ1) is 6.71. The van der Waals surface area contributed by atoms with Crippen molar-refractivity contribution in [2.24, 2.45) is 5.92 Å². The third kappa shape index (κ3) is 1.28. The Morgan fingerprint density at radius 1 is 1.78 bits per heavy atom. The summed E-state index contributed by atoms with van der Waals surface area (Å²) in [7, 11) is 0. The number of aliphatic hydroxyl groups excluding tert-OH is 1. The van der Waals surface area contributed by atoms with E-state index in [4.69, 9.17) is 5.11 Å². The van der Waals surface area contributed by atoms with Crippen LogP contribution in [0.25, 0.3) is 0 Å². The lowest BCUT2D eigenvalue weighted by atomic mass is 10.1. The molecule has 3 nitrogen and oxygen atoms in total. The van der Waals surface area contributed by atoms with E-state index in [-0.39, 0.29) is 12.0 Å². The van der Waals surface area contributed by atoms with Gasteiger partial charge in [0.1, 0.15) is 12.5 Å². The molecule has 52 valence electrons. The van der Waals surface area contributed by atoms with Crippen LogP contribution in [0, 0.1) is 5.92 Å². The van der Waals surface area contributed by atoms with E-state index in [1.54, 1.807) is 0 Å². The lowest BCUT2D eigenvalue weighted by Crippen LogP contribution is -2.31. The summed E-state index contributed by atoms with van der Waals surface area (Å²) in [5, 5.41) is 11.8. The van der Waals surface area contributed by atoms with Crippen molar-refractivity contribution in [3.05, 3.63) is 0 Å². The van der Waals surface area contributed by atoms with E-state index in [1.807, 2.05) is 6.92 Å². The number of carbonyl (C=O) groups excluding carboxylic acids is 1. The van der Waals surface area contributed by atoms with Gasteiger partial charge in [0, 0.05) is 0 Å². The molecule has 1 aliphatic rings. The highest BCUT2D eigenvalue weighted by Crippen LogP contribution is 2.15. The maximum atomic E-state index is 10.1. The van der Waals surface area contributed by atoms with Gasteiger partial charge in [-0.15, -0.1) is 0 Å². The molecular formula is C6H11NO2. The molecule has 1 aliphatic heterocycles. The Hall–Kier alpha value is -0.410. The Labute approximate surface area is 54.1 Å². The van der Waals surface area contributed by atoms with Gasteiger partial charge in [0.2, 0.25) is 0 Å². The fourth-order valence-corrected chi connectivity index (χ4v) is 1.08. The summed E-state index contributed by atoms with van der Waals surface area (Å²) < 4.78 is 0. The average molecular weight is 129 g/mol. The van der Waals surface area contributed by atoms with Crippen LogP contribution in [0.1, 0.15) is 13.3 Å².